The van der Waals surface area contributed by atoms with Gasteiger partial charge in [-0.15, -0.1) is 11.3 Å². The highest BCUT2D eigenvalue weighted by molar-refractivity contribution is 7.94. The van der Waals surface area contributed by atoms with Gasteiger partial charge >= 0.3 is 5.97 Å². The van der Waals surface area contributed by atoms with E-state index in [1.807, 2.05) is 11.6 Å². The van der Waals surface area contributed by atoms with Gasteiger partial charge in [-0.05, 0) is 49.2 Å². The molecular formula is C26H36N4O12S3. The van der Waals surface area contributed by atoms with E-state index in [1.165, 1.54) is 48.9 Å². The normalized spacial score (nSPS) is 16.5. The Labute approximate surface area is 265 Å². The van der Waals surface area contributed by atoms with Gasteiger partial charge in [-0.2, -0.15) is 4.31 Å². The molecule has 0 aliphatic carbocycles. The Bertz CT molecular complexity index is 1580. The summed E-state index contributed by atoms with van der Waals surface area (Å²) in [7, 11) is -5.52. The molecule has 1 aliphatic rings. The van der Waals surface area contributed by atoms with Crippen LogP contribution >= 0.6 is 11.3 Å². The molecule has 0 unspecified atom stereocenters. The number of benzene rings is 1. The first-order chi connectivity index (χ1) is 21.3. The highest BCUT2D eigenvalue weighted by Crippen LogP contribution is 2.40. The molecule has 16 nitrogen and oxygen atoms in total. The molecule has 0 saturated heterocycles. The molecule has 0 spiro atoms. The third-order valence-corrected chi connectivity index (χ3v) is 11.7. The van der Waals surface area contributed by atoms with Gasteiger partial charge in [-0.3, -0.25) is 24.8 Å². The van der Waals surface area contributed by atoms with Crippen LogP contribution in [0.25, 0.3) is 6.08 Å². The first kappa shape index (κ1) is 36.5. The van der Waals surface area contributed by atoms with Crippen LogP contribution in [0.2, 0.25) is 0 Å². The van der Waals surface area contributed by atoms with Gasteiger partial charge in [0.25, 0.3) is 26.0 Å². The van der Waals surface area contributed by atoms with Crippen LogP contribution in [-0.4, -0.2) is 95.9 Å². The van der Waals surface area contributed by atoms with Crippen molar-refractivity contribution >= 4 is 49.3 Å². The van der Waals surface area contributed by atoms with E-state index in [1.54, 1.807) is 0 Å². The summed E-state index contributed by atoms with van der Waals surface area (Å²) in [6.07, 6.45) is 2.82. The van der Waals surface area contributed by atoms with Gasteiger partial charge in [-0.25, -0.2) is 21.6 Å². The number of thiophene rings is 1. The van der Waals surface area contributed by atoms with Crippen LogP contribution in [0.1, 0.15) is 43.4 Å². The highest BCUT2D eigenvalue weighted by atomic mass is 32.3. The number of likely N-dealkylation sites (N-methyl/N-ethyl adjacent to an activating group) is 1. The van der Waals surface area contributed by atoms with Gasteiger partial charge in [0.15, 0.2) is 11.5 Å². The van der Waals surface area contributed by atoms with Crippen molar-refractivity contribution in [1.82, 2.24) is 19.7 Å². The summed E-state index contributed by atoms with van der Waals surface area (Å²) in [5, 5.41) is 19.7. The minimum absolute atomic E-state index is 0.0864. The number of nitrogens with one attached hydrogen (secondary N) is 2. The lowest BCUT2D eigenvalue weighted by atomic mass is 10.1. The minimum Gasteiger partial charge on any atom is -0.493 e. The molecule has 45 heavy (non-hydrogen) atoms. The predicted molar refractivity (Wildman–Crippen MR) is 160 cm³/mol. The van der Waals surface area contributed by atoms with Crippen molar-refractivity contribution in [3.63, 3.8) is 0 Å². The molecule has 1 atom stereocenters. The van der Waals surface area contributed by atoms with Crippen molar-refractivity contribution in [3.05, 3.63) is 41.5 Å². The van der Waals surface area contributed by atoms with Crippen LogP contribution in [0.5, 0.6) is 11.5 Å². The zero-order chi connectivity index (χ0) is 33.2. The largest absolute Gasteiger partial charge is 0.493 e. The topological polar surface area (TPSA) is 210 Å². The number of hydrogen-bond donors (Lipinski definition) is 4. The lowest BCUT2D eigenvalue weighted by Crippen LogP contribution is -2.43. The molecule has 1 amide bonds. The molecule has 2 aromatic rings. The molecule has 1 aromatic carbocycles. The van der Waals surface area contributed by atoms with Crippen molar-refractivity contribution in [2.45, 2.75) is 40.6 Å². The summed E-state index contributed by atoms with van der Waals surface area (Å²) >= 11 is 0.580. The van der Waals surface area contributed by atoms with Gasteiger partial charge in [0.1, 0.15) is 8.42 Å². The van der Waals surface area contributed by atoms with E-state index in [0.717, 1.165) is 6.08 Å². The summed E-state index contributed by atoms with van der Waals surface area (Å²) in [4.78, 5) is 29.0. The number of carbonyl (C=O) groups is 2. The number of hydrogen-bond acceptors (Lipinski definition) is 15. The smallest absolute Gasteiger partial charge is 0.311 e. The highest BCUT2D eigenvalue weighted by Gasteiger charge is 2.40. The van der Waals surface area contributed by atoms with Crippen LogP contribution < -0.4 is 19.5 Å². The molecule has 0 radical (unpaired) electrons. The third-order valence-electron chi connectivity index (χ3n) is 6.32. The number of sulfonamides is 2. The van der Waals surface area contributed by atoms with Crippen molar-refractivity contribution in [3.8, 4) is 11.5 Å². The van der Waals surface area contributed by atoms with Gasteiger partial charge < -0.3 is 19.5 Å². The van der Waals surface area contributed by atoms with Crippen LogP contribution in [0.15, 0.2) is 38.8 Å². The van der Waals surface area contributed by atoms with Crippen molar-refractivity contribution in [2.75, 3.05) is 47.1 Å². The Hall–Kier alpha value is -2.98. The van der Waals surface area contributed by atoms with E-state index in [0.29, 0.717) is 42.0 Å². The predicted octanol–water partition coefficient (Wildman–Crippen LogP) is 1.66. The first-order valence-corrected chi connectivity index (χ1v) is 17.4. The number of ether oxygens (including phenoxy) is 3. The Morgan fingerprint density at radius 1 is 1.16 bits per heavy atom. The molecule has 3 rings (SSSR count). The van der Waals surface area contributed by atoms with E-state index in [-0.39, 0.29) is 52.5 Å². The Balaban J connectivity index is 1.70. The molecule has 1 aliphatic heterocycles. The maximum Gasteiger partial charge on any atom is 0.311 e. The average molecular weight is 693 g/mol. The summed E-state index contributed by atoms with van der Waals surface area (Å²) < 4.78 is 71.2. The standard InChI is InChI=1S/C26H36N4O12S3/c1-4-27-20-17-29(12-6-13-39-2)45(37,38)26-19(20)16-25(43-26)44(35,36)28-23(31)11-9-18-8-10-21(22(15-18)40-3)42-24(32)7-5-14-41-30(33)34/h8-11,15-16,20,27,33-34H,4-7,12-14,17H2,1-3H3,(H,28,31)/b11-9+/t20-/m0/s1. The second kappa shape index (κ2) is 16.5. The van der Waals surface area contributed by atoms with E-state index in [9.17, 15) is 26.4 Å². The molecule has 19 heteroatoms. The van der Waals surface area contributed by atoms with E-state index < -0.39 is 43.4 Å². The molecule has 250 valence electrons. The van der Waals surface area contributed by atoms with Crippen LogP contribution in [-0.2, 0) is 39.2 Å². The third kappa shape index (κ3) is 10.0. The molecular weight excluding hydrogens is 657 g/mol. The Morgan fingerprint density at radius 3 is 2.58 bits per heavy atom. The lowest BCUT2D eigenvalue weighted by Gasteiger charge is -2.32. The summed E-state index contributed by atoms with van der Waals surface area (Å²) in [5.74, 6) is -1.37. The van der Waals surface area contributed by atoms with Gasteiger partial charge in [0.2, 0.25) is 0 Å². The number of amides is 1. The molecule has 2 heterocycles. The van der Waals surface area contributed by atoms with Gasteiger partial charge in [-0.1, -0.05) is 13.0 Å². The maximum atomic E-state index is 13.3. The second-order valence-corrected chi connectivity index (χ2v) is 14.6. The van der Waals surface area contributed by atoms with E-state index in [2.05, 4.69) is 10.2 Å². The Morgan fingerprint density at radius 2 is 1.91 bits per heavy atom. The van der Waals surface area contributed by atoms with Crippen molar-refractivity contribution in [1.29, 1.82) is 0 Å². The lowest BCUT2D eigenvalue weighted by molar-refractivity contribution is -0.492. The second-order valence-electron chi connectivity index (χ2n) is 9.50. The number of esters is 1. The van der Waals surface area contributed by atoms with Crippen LogP contribution in [0.3, 0.4) is 0 Å². The SMILES string of the molecule is CCN[C@H]1CN(CCCOC)S(=O)(=O)c2sc(S(=O)(=O)NC(=O)/C=C/c3ccc(OC(=O)CCCON(O)O)c(OC)c3)cc21. The van der Waals surface area contributed by atoms with Crippen molar-refractivity contribution in [2.24, 2.45) is 0 Å². The number of carbonyl (C=O) groups excluding carboxylic acids is 2. The zero-order valence-corrected chi connectivity index (χ0v) is 27.2. The van der Waals surface area contributed by atoms with E-state index in [4.69, 9.17) is 24.6 Å². The van der Waals surface area contributed by atoms with E-state index >= 15 is 0 Å². The molecule has 4 N–H and O–H groups in total. The number of rotatable bonds is 17. The molecule has 0 fully saturated rings. The number of fused-ring (bicyclic) bond motifs is 1. The van der Waals surface area contributed by atoms with Gasteiger partial charge in [0.05, 0.1) is 19.1 Å². The van der Waals surface area contributed by atoms with Crippen LogP contribution in [0, 0.1) is 0 Å². The van der Waals surface area contributed by atoms with Crippen molar-refractivity contribution < 1.29 is 55.9 Å². The maximum absolute atomic E-state index is 13.3. The fourth-order valence-corrected chi connectivity index (χ4v) is 9.11. The molecule has 0 bridgehead atoms. The fourth-order valence-electron chi connectivity index (χ4n) is 4.27. The number of nitrogens with zero attached hydrogens (tertiary/aromatic N) is 2. The summed E-state index contributed by atoms with van der Waals surface area (Å²) in [6, 6.07) is 5.22. The van der Waals surface area contributed by atoms with Gasteiger partial charge in [0, 0.05) is 50.9 Å². The summed E-state index contributed by atoms with van der Waals surface area (Å²) in [6.45, 7) is 2.94. The monoisotopic (exact) mass is 692 g/mol. The fraction of sp³-hybridized carbons (Fsp3) is 0.462. The first-order valence-electron chi connectivity index (χ1n) is 13.6. The van der Waals surface area contributed by atoms with Crippen LogP contribution in [0.4, 0.5) is 0 Å². The zero-order valence-electron chi connectivity index (χ0n) is 24.8. The quantitative estimate of drug-likeness (QED) is 0.0611. The Kier molecular flexibility index (Phi) is 13.4. The average Bonchev–Trinajstić information content (AvgIpc) is 3.45. The minimum atomic E-state index is -4.42. The number of methoxy groups -OCH3 is 2. The summed E-state index contributed by atoms with van der Waals surface area (Å²) in [5.41, 5.74) is 0.745. The molecule has 0 saturated carbocycles. The molecule has 1 aromatic heterocycles.